The highest BCUT2D eigenvalue weighted by molar-refractivity contribution is 5.76. The van der Waals surface area contributed by atoms with Gasteiger partial charge in [-0.25, -0.2) is 0 Å². The molecule has 5 nitrogen and oxygen atoms in total. The zero-order valence-electron chi connectivity index (χ0n) is 13.9. The van der Waals surface area contributed by atoms with E-state index < -0.39 is 0 Å². The maximum Gasteiger partial charge on any atom is 0.222 e. The van der Waals surface area contributed by atoms with Crippen molar-refractivity contribution in [1.29, 1.82) is 0 Å². The topological polar surface area (TPSA) is 59.0 Å². The predicted octanol–water partition coefficient (Wildman–Crippen LogP) is 2.62. The molecule has 0 radical (unpaired) electrons. The summed E-state index contributed by atoms with van der Waals surface area (Å²) in [6.07, 6.45) is 5.11. The van der Waals surface area contributed by atoms with E-state index in [9.17, 15) is 4.79 Å². The van der Waals surface area contributed by atoms with Crippen LogP contribution in [0.1, 0.15) is 38.5 Å². The predicted molar refractivity (Wildman–Crippen MR) is 88.8 cm³/mol. The van der Waals surface area contributed by atoms with Gasteiger partial charge < -0.3 is 19.5 Å². The van der Waals surface area contributed by atoms with E-state index in [1.165, 1.54) is 0 Å². The minimum atomic E-state index is 0.148. The Morgan fingerprint density at radius 3 is 2.70 bits per heavy atom. The number of carbonyl (C=O) groups excluding carboxylic acids is 1. The summed E-state index contributed by atoms with van der Waals surface area (Å²) in [5.41, 5.74) is 0. The van der Waals surface area contributed by atoms with Crippen LogP contribution in [0.5, 0.6) is 11.5 Å². The maximum atomic E-state index is 12.4. The molecule has 1 fully saturated rings. The van der Waals surface area contributed by atoms with Gasteiger partial charge in [-0.3, -0.25) is 4.79 Å². The van der Waals surface area contributed by atoms with Gasteiger partial charge in [0.25, 0.3) is 0 Å². The smallest absolute Gasteiger partial charge is 0.222 e. The number of aliphatic hydroxyl groups is 1. The first kappa shape index (κ1) is 17.6. The fourth-order valence-electron chi connectivity index (χ4n) is 3.01. The SMILES string of the molecule is COc1ccc(OCCCC(=O)N2CCCCC2CCO)cc1. The number of amides is 1. The zero-order chi connectivity index (χ0) is 16.5. The van der Waals surface area contributed by atoms with Crippen LogP contribution in [0.4, 0.5) is 0 Å². The summed E-state index contributed by atoms with van der Waals surface area (Å²) >= 11 is 0. The average Bonchev–Trinajstić information content (AvgIpc) is 2.60. The standard InChI is InChI=1S/C18H27NO4/c1-22-16-7-9-17(10-8-16)23-14-4-6-18(21)19-12-3-2-5-15(19)11-13-20/h7-10,15,20H,2-6,11-14H2,1H3. The van der Waals surface area contributed by atoms with Gasteiger partial charge in [-0.15, -0.1) is 0 Å². The molecule has 1 amide bonds. The van der Waals surface area contributed by atoms with Gasteiger partial charge in [0.1, 0.15) is 11.5 Å². The van der Waals surface area contributed by atoms with Crippen LogP contribution in [0.15, 0.2) is 24.3 Å². The number of nitrogens with zero attached hydrogens (tertiary/aromatic N) is 1. The van der Waals surface area contributed by atoms with Crippen molar-refractivity contribution in [3.63, 3.8) is 0 Å². The van der Waals surface area contributed by atoms with Crippen molar-refractivity contribution in [1.82, 2.24) is 4.90 Å². The summed E-state index contributed by atoms with van der Waals surface area (Å²) in [6, 6.07) is 7.65. The van der Waals surface area contributed by atoms with Gasteiger partial charge in [0.15, 0.2) is 0 Å². The minimum Gasteiger partial charge on any atom is -0.497 e. The van der Waals surface area contributed by atoms with Crippen LogP contribution in [0.3, 0.4) is 0 Å². The number of piperidine rings is 1. The maximum absolute atomic E-state index is 12.4. The van der Waals surface area contributed by atoms with E-state index in [0.717, 1.165) is 37.3 Å². The summed E-state index contributed by atoms with van der Waals surface area (Å²) in [4.78, 5) is 14.3. The molecule has 1 aliphatic rings. The Kier molecular flexibility index (Phi) is 7.20. The monoisotopic (exact) mass is 321 g/mol. The molecule has 0 spiro atoms. The molecule has 0 saturated carbocycles. The van der Waals surface area contributed by atoms with Gasteiger partial charge in [-0.1, -0.05) is 0 Å². The van der Waals surface area contributed by atoms with Gasteiger partial charge in [-0.05, 0) is 56.4 Å². The number of aliphatic hydroxyl groups excluding tert-OH is 1. The number of hydrogen-bond acceptors (Lipinski definition) is 4. The molecule has 1 atom stereocenters. The van der Waals surface area contributed by atoms with E-state index in [4.69, 9.17) is 14.6 Å². The first-order valence-electron chi connectivity index (χ1n) is 8.41. The summed E-state index contributed by atoms with van der Waals surface area (Å²) < 4.78 is 10.8. The van der Waals surface area contributed by atoms with Gasteiger partial charge in [-0.2, -0.15) is 0 Å². The second-order valence-corrected chi connectivity index (χ2v) is 5.88. The molecule has 1 N–H and O–H groups in total. The molecule has 23 heavy (non-hydrogen) atoms. The summed E-state index contributed by atoms with van der Waals surface area (Å²) in [6.45, 7) is 1.49. The molecular weight excluding hydrogens is 294 g/mol. The average molecular weight is 321 g/mol. The van der Waals surface area contributed by atoms with Gasteiger partial charge >= 0.3 is 0 Å². The molecule has 0 bridgehead atoms. The third-order valence-corrected chi connectivity index (χ3v) is 4.27. The molecule has 1 heterocycles. The number of rotatable bonds is 8. The van der Waals surface area contributed by atoms with E-state index in [-0.39, 0.29) is 18.6 Å². The van der Waals surface area contributed by atoms with Crippen molar-refractivity contribution < 1.29 is 19.4 Å². The van der Waals surface area contributed by atoms with Gasteiger partial charge in [0.05, 0.1) is 13.7 Å². The highest BCUT2D eigenvalue weighted by atomic mass is 16.5. The lowest BCUT2D eigenvalue weighted by atomic mass is 9.99. The van der Waals surface area contributed by atoms with Gasteiger partial charge in [0.2, 0.25) is 5.91 Å². The molecule has 1 unspecified atom stereocenters. The molecule has 1 saturated heterocycles. The number of methoxy groups -OCH3 is 1. The molecular formula is C18H27NO4. The van der Waals surface area contributed by atoms with E-state index >= 15 is 0 Å². The molecule has 1 aromatic rings. The van der Waals surface area contributed by atoms with Crippen molar-refractivity contribution in [3.8, 4) is 11.5 Å². The number of ether oxygens (including phenoxy) is 2. The lowest BCUT2D eigenvalue weighted by Crippen LogP contribution is -2.44. The van der Waals surface area contributed by atoms with Crippen LogP contribution in [-0.4, -0.2) is 48.8 Å². The quantitative estimate of drug-likeness (QED) is 0.748. The second kappa shape index (κ2) is 9.40. The van der Waals surface area contributed by atoms with Crippen LogP contribution < -0.4 is 9.47 Å². The first-order valence-corrected chi connectivity index (χ1v) is 8.41. The molecule has 0 aliphatic carbocycles. The second-order valence-electron chi connectivity index (χ2n) is 5.88. The van der Waals surface area contributed by atoms with Crippen molar-refractivity contribution >= 4 is 5.91 Å². The van der Waals surface area contributed by atoms with Crippen LogP contribution in [0.25, 0.3) is 0 Å². The minimum absolute atomic E-state index is 0.148. The number of likely N-dealkylation sites (tertiary alicyclic amines) is 1. The van der Waals surface area contributed by atoms with Crippen LogP contribution in [0.2, 0.25) is 0 Å². The third kappa shape index (κ3) is 5.43. The number of hydrogen-bond donors (Lipinski definition) is 1. The van der Waals surface area contributed by atoms with E-state index in [1.807, 2.05) is 29.2 Å². The summed E-state index contributed by atoms with van der Waals surface area (Å²) in [5, 5.41) is 9.13. The molecule has 1 aliphatic heterocycles. The summed E-state index contributed by atoms with van der Waals surface area (Å²) in [7, 11) is 1.63. The number of carbonyl (C=O) groups is 1. The Morgan fingerprint density at radius 1 is 1.26 bits per heavy atom. The molecule has 1 aromatic carbocycles. The Hall–Kier alpha value is -1.75. The van der Waals surface area contributed by atoms with Crippen LogP contribution in [-0.2, 0) is 4.79 Å². The third-order valence-electron chi connectivity index (χ3n) is 4.27. The normalized spacial score (nSPS) is 17.8. The molecule has 0 aromatic heterocycles. The van der Waals surface area contributed by atoms with Gasteiger partial charge in [0, 0.05) is 25.6 Å². The van der Waals surface area contributed by atoms with Crippen molar-refractivity contribution in [2.45, 2.75) is 44.6 Å². The summed E-state index contributed by atoms with van der Waals surface area (Å²) in [5.74, 6) is 1.77. The Labute approximate surface area is 138 Å². The zero-order valence-corrected chi connectivity index (χ0v) is 13.9. The molecule has 2 rings (SSSR count). The lowest BCUT2D eigenvalue weighted by Gasteiger charge is -2.35. The van der Waals surface area contributed by atoms with E-state index in [0.29, 0.717) is 25.9 Å². The highest BCUT2D eigenvalue weighted by Gasteiger charge is 2.25. The number of benzene rings is 1. The fraction of sp³-hybridized carbons (Fsp3) is 0.611. The largest absolute Gasteiger partial charge is 0.497 e. The van der Waals surface area contributed by atoms with E-state index in [1.54, 1.807) is 7.11 Å². The Bertz CT molecular complexity index is 472. The fourth-order valence-corrected chi connectivity index (χ4v) is 3.01. The lowest BCUT2D eigenvalue weighted by molar-refractivity contribution is -0.135. The van der Waals surface area contributed by atoms with E-state index in [2.05, 4.69) is 0 Å². The first-order chi connectivity index (χ1) is 11.2. The van der Waals surface area contributed by atoms with Crippen molar-refractivity contribution in [2.75, 3.05) is 26.9 Å². The molecule has 5 heteroatoms. The molecule has 128 valence electrons. The highest BCUT2D eigenvalue weighted by Crippen LogP contribution is 2.21. The van der Waals surface area contributed by atoms with Crippen molar-refractivity contribution in [3.05, 3.63) is 24.3 Å². The van der Waals surface area contributed by atoms with Crippen LogP contribution in [0, 0.1) is 0 Å². The van der Waals surface area contributed by atoms with Crippen LogP contribution >= 0.6 is 0 Å². The Morgan fingerprint density at radius 2 is 2.00 bits per heavy atom. The van der Waals surface area contributed by atoms with Crippen molar-refractivity contribution in [2.24, 2.45) is 0 Å². The Balaban J connectivity index is 1.70.